The third kappa shape index (κ3) is 2.40. The van der Waals surface area contributed by atoms with E-state index in [2.05, 4.69) is 16.7 Å². The van der Waals surface area contributed by atoms with E-state index >= 15 is 0 Å². The number of fused-ring (bicyclic) bond motifs is 1. The second kappa shape index (κ2) is 5.26. The first-order valence-corrected chi connectivity index (χ1v) is 6.96. The van der Waals surface area contributed by atoms with Crippen LogP contribution < -0.4 is 10.6 Å². The van der Waals surface area contributed by atoms with Crippen LogP contribution in [0.5, 0.6) is 0 Å². The minimum absolute atomic E-state index is 0.0638. The average molecular weight is 285 g/mol. The van der Waals surface area contributed by atoms with Crippen molar-refractivity contribution in [2.75, 3.05) is 19.4 Å². The molecule has 0 saturated carbocycles. The molecule has 3 rings (SSSR count). The molecule has 2 heterocycles. The summed E-state index contributed by atoms with van der Waals surface area (Å²) in [6.07, 6.45) is 1.71. The monoisotopic (exact) mass is 285 g/mol. The Morgan fingerprint density at radius 1 is 1.38 bits per heavy atom. The summed E-state index contributed by atoms with van der Waals surface area (Å²) in [6.45, 7) is 2.59. The van der Waals surface area contributed by atoms with Gasteiger partial charge in [-0.05, 0) is 37.2 Å². The predicted molar refractivity (Wildman–Crippen MR) is 81.3 cm³/mol. The molecule has 2 N–H and O–H groups in total. The van der Waals surface area contributed by atoms with Crippen LogP contribution in [0.15, 0.2) is 34.9 Å². The van der Waals surface area contributed by atoms with Crippen LogP contribution >= 0.6 is 0 Å². The number of rotatable bonds is 3. The van der Waals surface area contributed by atoms with E-state index < -0.39 is 0 Å². The van der Waals surface area contributed by atoms with Gasteiger partial charge in [-0.1, -0.05) is 12.1 Å². The first-order chi connectivity index (χ1) is 10.1. The summed E-state index contributed by atoms with van der Waals surface area (Å²) in [6, 6.07) is 8.15. The van der Waals surface area contributed by atoms with E-state index in [0.29, 0.717) is 6.54 Å². The van der Waals surface area contributed by atoms with Gasteiger partial charge in [0.15, 0.2) is 0 Å². The molecule has 0 fully saturated rings. The van der Waals surface area contributed by atoms with Gasteiger partial charge in [0.1, 0.15) is 5.76 Å². The smallest absolute Gasteiger partial charge is 0.321 e. The van der Waals surface area contributed by atoms with Gasteiger partial charge in [0.25, 0.3) is 0 Å². The molecule has 1 aliphatic heterocycles. The molecule has 1 aromatic carbocycles. The van der Waals surface area contributed by atoms with E-state index in [1.807, 2.05) is 32.2 Å². The minimum Gasteiger partial charge on any atom is -0.469 e. The average Bonchev–Trinajstić information content (AvgIpc) is 2.88. The number of urea groups is 1. The van der Waals surface area contributed by atoms with Gasteiger partial charge < -0.3 is 20.0 Å². The molecule has 2 amide bonds. The molecule has 21 heavy (non-hydrogen) atoms. The summed E-state index contributed by atoms with van der Waals surface area (Å²) < 4.78 is 5.41. The Morgan fingerprint density at radius 3 is 2.86 bits per heavy atom. The molecule has 110 valence electrons. The van der Waals surface area contributed by atoms with Crippen LogP contribution in [0.4, 0.5) is 10.5 Å². The van der Waals surface area contributed by atoms with Crippen LogP contribution in [-0.2, 0) is 6.54 Å². The third-order valence-electron chi connectivity index (χ3n) is 3.96. The summed E-state index contributed by atoms with van der Waals surface area (Å²) >= 11 is 0. The number of carbonyl (C=O) groups excluding carboxylic acids is 1. The highest BCUT2D eigenvalue weighted by atomic mass is 16.3. The van der Waals surface area contributed by atoms with E-state index in [1.54, 1.807) is 18.2 Å². The summed E-state index contributed by atoms with van der Waals surface area (Å²) in [5, 5.41) is 6.22. The van der Waals surface area contributed by atoms with Crippen molar-refractivity contribution in [3.05, 3.63) is 53.0 Å². The third-order valence-corrected chi connectivity index (χ3v) is 3.96. The number of aryl methyl sites for hydroxylation is 1. The molecule has 5 heteroatoms. The fourth-order valence-electron chi connectivity index (χ4n) is 2.78. The zero-order valence-corrected chi connectivity index (χ0v) is 12.4. The minimum atomic E-state index is -0.0638. The molecular formula is C16H19N3O2. The van der Waals surface area contributed by atoms with E-state index in [9.17, 15) is 4.79 Å². The highest BCUT2D eigenvalue weighted by Crippen LogP contribution is 2.30. The largest absolute Gasteiger partial charge is 0.469 e. The highest BCUT2D eigenvalue weighted by molar-refractivity contribution is 5.92. The van der Waals surface area contributed by atoms with Crippen molar-refractivity contribution in [1.82, 2.24) is 10.2 Å². The number of nitrogens with one attached hydrogen (secondary N) is 2. The van der Waals surface area contributed by atoms with Crippen LogP contribution in [0.25, 0.3) is 0 Å². The Bertz CT molecular complexity index is 678. The van der Waals surface area contributed by atoms with Crippen molar-refractivity contribution in [2.45, 2.75) is 19.5 Å². The van der Waals surface area contributed by atoms with E-state index in [0.717, 1.165) is 28.1 Å². The number of nitrogens with zero attached hydrogens (tertiary/aromatic N) is 1. The van der Waals surface area contributed by atoms with Gasteiger partial charge in [0.2, 0.25) is 0 Å². The summed E-state index contributed by atoms with van der Waals surface area (Å²) in [7, 11) is 3.73. The van der Waals surface area contributed by atoms with Crippen LogP contribution in [0.2, 0.25) is 0 Å². The van der Waals surface area contributed by atoms with Gasteiger partial charge in [0, 0.05) is 24.8 Å². The van der Waals surface area contributed by atoms with E-state index in [4.69, 9.17) is 4.42 Å². The summed E-state index contributed by atoms with van der Waals surface area (Å²) in [5.41, 5.74) is 4.30. The molecule has 1 aromatic heterocycles. The van der Waals surface area contributed by atoms with Crippen molar-refractivity contribution < 1.29 is 9.21 Å². The topological polar surface area (TPSA) is 57.5 Å². The summed E-state index contributed by atoms with van der Waals surface area (Å²) in [4.78, 5) is 13.3. The maximum atomic E-state index is 11.7. The number of anilines is 1. The molecule has 1 atom stereocenters. The van der Waals surface area contributed by atoms with Gasteiger partial charge in [-0.2, -0.15) is 0 Å². The van der Waals surface area contributed by atoms with Gasteiger partial charge in [-0.3, -0.25) is 0 Å². The van der Waals surface area contributed by atoms with Gasteiger partial charge in [-0.15, -0.1) is 0 Å². The molecule has 0 radical (unpaired) electrons. The lowest BCUT2D eigenvalue weighted by Crippen LogP contribution is -2.35. The van der Waals surface area contributed by atoms with Crippen LogP contribution in [0, 0.1) is 6.92 Å². The number of hydrogen-bond acceptors (Lipinski definition) is 3. The van der Waals surface area contributed by atoms with E-state index in [-0.39, 0.29) is 12.1 Å². The second-order valence-electron chi connectivity index (χ2n) is 5.36. The first-order valence-electron chi connectivity index (χ1n) is 6.96. The Morgan fingerprint density at radius 2 is 2.19 bits per heavy atom. The van der Waals surface area contributed by atoms with Crippen molar-refractivity contribution in [3.63, 3.8) is 0 Å². The molecule has 0 spiro atoms. The summed E-state index contributed by atoms with van der Waals surface area (Å²) in [5.74, 6) is 0.914. The second-order valence-corrected chi connectivity index (χ2v) is 5.36. The lowest BCUT2D eigenvalue weighted by Gasteiger charge is -2.27. The Balaban J connectivity index is 1.98. The van der Waals surface area contributed by atoms with Crippen LogP contribution in [0.3, 0.4) is 0 Å². The van der Waals surface area contributed by atoms with E-state index in [1.165, 1.54) is 0 Å². The fourth-order valence-corrected chi connectivity index (χ4v) is 2.78. The Hall–Kier alpha value is -2.27. The number of benzene rings is 1. The molecule has 5 nitrogen and oxygen atoms in total. The maximum Gasteiger partial charge on any atom is 0.321 e. The van der Waals surface area contributed by atoms with Crippen LogP contribution in [-0.4, -0.2) is 25.0 Å². The number of furan rings is 1. The van der Waals surface area contributed by atoms with Crippen molar-refractivity contribution >= 4 is 11.7 Å². The molecule has 1 unspecified atom stereocenters. The van der Waals surface area contributed by atoms with Crippen molar-refractivity contribution in [2.24, 2.45) is 0 Å². The first kappa shape index (κ1) is 13.7. The standard InChI is InChI=1S/C16H19N3O2/c1-10-13(6-7-21-10)15(17-2)11-4-5-14-12(8-11)9-19(3)16(20)18-14/h4-8,15,17H,9H2,1-3H3,(H,18,20). The molecule has 0 aliphatic carbocycles. The maximum absolute atomic E-state index is 11.7. The van der Waals surface area contributed by atoms with Gasteiger partial charge >= 0.3 is 6.03 Å². The van der Waals surface area contributed by atoms with Crippen molar-refractivity contribution in [1.29, 1.82) is 0 Å². The van der Waals surface area contributed by atoms with Gasteiger partial charge in [-0.25, -0.2) is 4.79 Å². The molecule has 2 aromatic rings. The highest BCUT2D eigenvalue weighted by Gasteiger charge is 2.22. The fraction of sp³-hybridized carbons (Fsp3) is 0.312. The molecular weight excluding hydrogens is 266 g/mol. The molecule has 1 aliphatic rings. The Labute approximate surface area is 123 Å². The van der Waals surface area contributed by atoms with Crippen LogP contribution in [0.1, 0.15) is 28.5 Å². The number of amides is 2. The molecule has 0 bridgehead atoms. The lowest BCUT2D eigenvalue weighted by atomic mass is 9.96. The van der Waals surface area contributed by atoms with Gasteiger partial charge in [0.05, 0.1) is 12.3 Å². The SMILES string of the molecule is CNC(c1ccc2c(c1)CN(C)C(=O)N2)c1ccoc1C. The predicted octanol–water partition coefficient (Wildman–Crippen LogP) is 2.87. The zero-order valence-electron chi connectivity index (χ0n) is 12.4. The number of carbonyl (C=O) groups is 1. The normalized spacial score (nSPS) is 15.6. The molecule has 0 saturated heterocycles. The zero-order chi connectivity index (χ0) is 15.0. The quantitative estimate of drug-likeness (QED) is 0.911. The lowest BCUT2D eigenvalue weighted by molar-refractivity contribution is 0.218. The Kier molecular flexibility index (Phi) is 3.43. The van der Waals surface area contributed by atoms with Crippen molar-refractivity contribution in [3.8, 4) is 0 Å². The number of hydrogen-bond donors (Lipinski definition) is 2.